The quantitative estimate of drug-likeness (QED) is 0.650. The normalized spacial score (nSPS) is 30.3. The molecule has 0 aromatic carbocycles. The molecule has 2 aliphatic rings. The van der Waals surface area contributed by atoms with Crippen molar-refractivity contribution in [3.63, 3.8) is 0 Å². The van der Waals surface area contributed by atoms with Crippen LogP contribution < -0.4 is 16.4 Å². The second-order valence-electron chi connectivity index (χ2n) is 5.18. The minimum Gasteiger partial charge on any atom is -0.351 e. The molecule has 0 saturated carbocycles. The van der Waals surface area contributed by atoms with Crippen LogP contribution in [0, 0.1) is 0 Å². The molecule has 0 aromatic heterocycles. The van der Waals surface area contributed by atoms with E-state index in [4.69, 9.17) is 5.73 Å². The Morgan fingerprint density at radius 3 is 2.78 bits per heavy atom. The lowest BCUT2D eigenvalue weighted by atomic mass is 10.0. The lowest BCUT2D eigenvalue weighted by Crippen LogP contribution is -2.53. The van der Waals surface area contributed by atoms with E-state index in [0.717, 1.165) is 25.9 Å². The lowest BCUT2D eigenvalue weighted by molar-refractivity contribution is -0.125. The summed E-state index contributed by atoms with van der Waals surface area (Å²) in [5.41, 5.74) is 4.98. The van der Waals surface area contributed by atoms with Crippen molar-refractivity contribution in [2.24, 2.45) is 5.73 Å². The Labute approximate surface area is 107 Å². The van der Waals surface area contributed by atoms with Crippen molar-refractivity contribution < 1.29 is 9.59 Å². The van der Waals surface area contributed by atoms with E-state index in [0.29, 0.717) is 12.1 Å². The standard InChI is InChI=1S/C12H22N4O2/c1-8(11(17)15-12(13)18)16-7-3-5-10(16)9-4-2-6-14-9/h8-10,14H,2-7H2,1H3,(H3,13,15,17,18). The fourth-order valence-corrected chi connectivity index (χ4v) is 3.14. The number of rotatable bonds is 3. The molecule has 6 heteroatoms. The first-order valence-electron chi connectivity index (χ1n) is 6.69. The van der Waals surface area contributed by atoms with E-state index in [9.17, 15) is 9.59 Å². The molecule has 2 fully saturated rings. The van der Waals surface area contributed by atoms with E-state index in [1.807, 2.05) is 6.92 Å². The molecule has 0 aliphatic carbocycles. The predicted molar refractivity (Wildman–Crippen MR) is 67.9 cm³/mol. The van der Waals surface area contributed by atoms with E-state index in [2.05, 4.69) is 15.5 Å². The van der Waals surface area contributed by atoms with Gasteiger partial charge in [0, 0.05) is 12.1 Å². The van der Waals surface area contributed by atoms with Crippen LogP contribution in [0.25, 0.3) is 0 Å². The number of carbonyl (C=O) groups is 2. The van der Waals surface area contributed by atoms with Gasteiger partial charge in [-0.05, 0) is 45.7 Å². The summed E-state index contributed by atoms with van der Waals surface area (Å²) in [5.74, 6) is -0.299. The minimum absolute atomic E-state index is 0.299. The average molecular weight is 254 g/mol. The van der Waals surface area contributed by atoms with Gasteiger partial charge in [0.2, 0.25) is 5.91 Å². The van der Waals surface area contributed by atoms with Gasteiger partial charge < -0.3 is 11.1 Å². The number of amides is 3. The number of nitrogens with one attached hydrogen (secondary N) is 2. The van der Waals surface area contributed by atoms with Gasteiger partial charge in [0.15, 0.2) is 0 Å². The second-order valence-corrected chi connectivity index (χ2v) is 5.18. The van der Waals surface area contributed by atoms with Crippen LogP contribution in [-0.2, 0) is 4.79 Å². The van der Waals surface area contributed by atoms with Crippen LogP contribution in [0.4, 0.5) is 4.79 Å². The zero-order valence-corrected chi connectivity index (χ0v) is 10.8. The Bertz CT molecular complexity index is 328. The third kappa shape index (κ3) is 2.81. The first kappa shape index (κ1) is 13.3. The average Bonchev–Trinajstić information content (AvgIpc) is 2.97. The monoisotopic (exact) mass is 254 g/mol. The Morgan fingerprint density at radius 2 is 2.17 bits per heavy atom. The molecule has 6 nitrogen and oxygen atoms in total. The third-order valence-corrected chi connectivity index (χ3v) is 4.03. The highest BCUT2D eigenvalue weighted by atomic mass is 16.2. The van der Waals surface area contributed by atoms with Crippen molar-refractivity contribution in [1.82, 2.24) is 15.5 Å². The van der Waals surface area contributed by atoms with E-state index in [1.54, 1.807) is 0 Å². The van der Waals surface area contributed by atoms with Crippen molar-refractivity contribution >= 4 is 11.9 Å². The van der Waals surface area contributed by atoms with Crippen LogP contribution in [0.1, 0.15) is 32.6 Å². The number of urea groups is 1. The molecule has 3 unspecified atom stereocenters. The fourth-order valence-electron chi connectivity index (χ4n) is 3.14. The van der Waals surface area contributed by atoms with Gasteiger partial charge in [-0.25, -0.2) is 4.79 Å². The molecule has 2 heterocycles. The maximum Gasteiger partial charge on any atom is 0.318 e. The lowest BCUT2D eigenvalue weighted by Gasteiger charge is -2.33. The highest BCUT2D eigenvalue weighted by Gasteiger charge is 2.37. The SMILES string of the molecule is CC(C(=O)NC(N)=O)N1CCCC1C1CCCN1. The van der Waals surface area contributed by atoms with Gasteiger partial charge in [-0.15, -0.1) is 0 Å². The molecule has 2 saturated heterocycles. The smallest absolute Gasteiger partial charge is 0.318 e. The number of imide groups is 1. The molecule has 0 bridgehead atoms. The van der Waals surface area contributed by atoms with Crippen molar-refractivity contribution in [2.75, 3.05) is 13.1 Å². The van der Waals surface area contributed by atoms with Crippen molar-refractivity contribution in [3.8, 4) is 0 Å². The summed E-state index contributed by atoms with van der Waals surface area (Å²) in [7, 11) is 0. The van der Waals surface area contributed by atoms with Crippen molar-refractivity contribution in [1.29, 1.82) is 0 Å². The van der Waals surface area contributed by atoms with E-state index >= 15 is 0 Å². The number of hydrogen-bond acceptors (Lipinski definition) is 4. The summed E-state index contributed by atoms with van der Waals surface area (Å²) < 4.78 is 0. The molecule has 0 radical (unpaired) electrons. The highest BCUT2D eigenvalue weighted by molar-refractivity contribution is 5.96. The second kappa shape index (κ2) is 5.67. The molecule has 3 amide bonds. The van der Waals surface area contributed by atoms with Gasteiger partial charge >= 0.3 is 6.03 Å². The fraction of sp³-hybridized carbons (Fsp3) is 0.833. The van der Waals surface area contributed by atoms with E-state index in [1.165, 1.54) is 12.8 Å². The minimum atomic E-state index is -0.776. The molecule has 2 rings (SSSR count). The molecular formula is C12H22N4O2. The summed E-state index contributed by atoms with van der Waals surface area (Å²) >= 11 is 0. The first-order chi connectivity index (χ1) is 8.59. The topological polar surface area (TPSA) is 87.5 Å². The van der Waals surface area contributed by atoms with Crippen LogP contribution in [0.15, 0.2) is 0 Å². The Kier molecular flexibility index (Phi) is 4.19. The van der Waals surface area contributed by atoms with Gasteiger partial charge in [-0.3, -0.25) is 15.0 Å². The van der Waals surface area contributed by atoms with E-state index in [-0.39, 0.29) is 11.9 Å². The zero-order valence-electron chi connectivity index (χ0n) is 10.8. The molecular weight excluding hydrogens is 232 g/mol. The van der Waals surface area contributed by atoms with Gasteiger partial charge in [0.25, 0.3) is 0 Å². The van der Waals surface area contributed by atoms with Crippen LogP contribution in [0.3, 0.4) is 0 Å². The van der Waals surface area contributed by atoms with Crippen molar-refractivity contribution in [3.05, 3.63) is 0 Å². The molecule has 18 heavy (non-hydrogen) atoms. The number of carbonyl (C=O) groups excluding carboxylic acids is 2. The summed E-state index contributed by atoms with van der Waals surface area (Å²) in [6.45, 7) is 3.82. The van der Waals surface area contributed by atoms with Crippen LogP contribution in [0.2, 0.25) is 0 Å². The Balaban J connectivity index is 1.97. The molecule has 3 atom stereocenters. The molecule has 4 N–H and O–H groups in total. The number of nitrogens with two attached hydrogens (primary N) is 1. The summed E-state index contributed by atoms with van der Waals surface area (Å²) in [5, 5.41) is 5.67. The summed E-state index contributed by atoms with van der Waals surface area (Å²) in [4.78, 5) is 24.7. The van der Waals surface area contributed by atoms with Crippen LogP contribution >= 0.6 is 0 Å². The van der Waals surface area contributed by atoms with Crippen LogP contribution in [-0.4, -0.2) is 48.1 Å². The molecule has 102 valence electrons. The largest absolute Gasteiger partial charge is 0.351 e. The van der Waals surface area contributed by atoms with Crippen molar-refractivity contribution in [2.45, 2.75) is 50.7 Å². The van der Waals surface area contributed by atoms with Gasteiger partial charge in [0.1, 0.15) is 0 Å². The number of nitrogens with zero attached hydrogens (tertiary/aromatic N) is 1. The molecule has 0 spiro atoms. The predicted octanol–water partition coefficient (Wildman–Crippen LogP) is -0.214. The maximum atomic E-state index is 11.8. The highest BCUT2D eigenvalue weighted by Crippen LogP contribution is 2.26. The summed E-state index contributed by atoms with van der Waals surface area (Å²) in [6.07, 6.45) is 4.60. The number of likely N-dealkylation sites (tertiary alicyclic amines) is 1. The van der Waals surface area contributed by atoms with Gasteiger partial charge in [-0.2, -0.15) is 0 Å². The number of hydrogen-bond donors (Lipinski definition) is 3. The Morgan fingerprint density at radius 1 is 1.39 bits per heavy atom. The van der Waals surface area contributed by atoms with E-state index < -0.39 is 6.03 Å². The first-order valence-corrected chi connectivity index (χ1v) is 6.69. The molecule has 2 aliphatic heterocycles. The Hall–Kier alpha value is -1.14. The van der Waals surface area contributed by atoms with Gasteiger partial charge in [-0.1, -0.05) is 0 Å². The van der Waals surface area contributed by atoms with Crippen LogP contribution in [0.5, 0.6) is 0 Å². The zero-order chi connectivity index (χ0) is 13.1. The summed E-state index contributed by atoms with van der Waals surface area (Å²) in [6, 6.07) is -0.188. The number of primary amides is 1. The van der Waals surface area contributed by atoms with Gasteiger partial charge in [0.05, 0.1) is 6.04 Å². The molecule has 0 aromatic rings. The maximum absolute atomic E-state index is 11.8. The third-order valence-electron chi connectivity index (χ3n) is 4.03.